The van der Waals surface area contributed by atoms with E-state index in [1.807, 2.05) is 0 Å². The summed E-state index contributed by atoms with van der Waals surface area (Å²) in [6.45, 7) is 0. The number of hydrogen-bond acceptors (Lipinski definition) is 3. The van der Waals surface area contributed by atoms with Crippen molar-refractivity contribution in [1.82, 2.24) is 10.3 Å². The summed E-state index contributed by atoms with van der Waals surface area (Å²) in [4.78, 5) is 26.4. The lowest BCUT2D eigenvalue weighted by Crippen LogP contribution is -2.43. The van der Waals surface area contributed by atoms with Crippen molar-refractivity contribution in [1.29, 1.82) is 0 Å². The van der Waals surface area contributed by atoms with Crippen LogP contribution in [0.15, 0.2) is 22.8 Å². The van der Waals surface area contributed by atoms with Gasteiger partial charge in [-0.05, 0) is 40.9 Å². The number of nitrogens with zero attached hydrogens (tertiary/aromatic N) is 1. The molecule has 2 N–H and O–H groups in total. The number of rotatable bonds is 3. The average Bonchev–Trinajstić information content (AvgIpc) is 3.00. The van der Waals surface area contributed by atoms with Crippen molar-refractivity contribution in [3.63, 3.8) is 0 Å². The van der Waals surface area contributed by atoms with Crippen LogP contribution in [0.5, 0.6) is 0 Å². The van der Waals surface area contributed by atoms with Gasteiger partial charge in [0.05, 0.1) is 0 Å². The number of nitrogens with one attached hydrogen (secondary N) is 1. The normalized spacial score (nSPS) is 16.6. The van der Waals surface area contributed by atoms with Crippen molar-refractivity contribution >= 4 is 27.8 Å². The molecule has 0 unspecified atom stereocenters. The van der Waals surface area contributed by atoms with Gasteiger partial charge in [-0.25, -0.2) is 9.78 Å². The Labute approximate surface area is 100 Å². The predicted octanol–water partition coefficient (Wildman–Crippen LogP) is 1.19. The summed E-state index contributed by atoms with van der Waals surface area (Å²) in [6.07, 6.45) is 2.45. The molecule has 84 valence electrons. The van der Waals surface area contributed by atoms with Crippen LogP contribution in [0.2, 0.25) is 0 Å². The second-order valence-corrected chi connectivity index (χ2v) is 4.62. The fraction of sp³-hybridized carbons (Fsp3) is 0.300. The first-order chi connectivity index (χ1) is 7.53. The van der Waals surface area contributed by atoms with Gasteiger partial charge in [-0.15, -0.1) is 0 Å². The zero-order chi connectivity index (χ0) is 11.8. The molecule has 1 aliphatic carbocycles. The van der Waals surface area contributed by atoms with Crippen LogP contribution in [0, 0.1) is 0 Å². The number of amides is 1. The lowest BCUT2D eigenvalue weighted by atomic mass is 10.2. The third kappa shape index (κ3) is 2.06. The monoisotopic (exact) mass is 284 g/mol. The van der Waals surface area contributed by atoms with Gasteiger partial charge >= 0.3 is 5.97 Å². The van der Waals surface area contributed by atoms with Crippen molar-refractivity contribution < 1.29 is 14.7 Å². The predicted molar refractivity (Wildman–Crippen MR) is 59.0 cm³/mol. The molecule has 16 heavy (non-hydrogen) atoms. The smallest absolute Gasteiger partial charge is 0.329 e. The maximum atomic E-state index is 11.7. The Morgan fingerprint density at radius 3 is 2.56 bits per heavy atom. The summed E-state index contributed by atoms with van der Waals surface area (Å²) in [5.41, 5.74) is -0.845. The molecule has 1 amide bonds. The van der Waals surface area contributed by atoms with Gasteiger partial charge in [0.15, 0.2) is 0 Å². The molecule has 0 aromatic carbocycles. The summed E-state index contributed by atoms with van der Waals surface area (Å²) in [6, 6.07) is 3.22. The van der Waals surface area contributed by atoms with Crippen molar-refractivity contribution in [3.8, 4) is 0 Å². The van der Waals surface area contributed by atoms with E-state index in [0.29, 0.717) is 12.8 Å². The molecule has 0 radical (unpaired) electrons. The molecule has 0 spiro atoms. The van der Waals surface area contributed by atoms with Gasteiger partial charge < -0.3 is 10.4 Å². The third-order valence-corrected chi connectivity index (χ3v) is 2.94. The summed E-state index contributed by atoms with van der Waals surface area (Å²) in [5, 5.41) is 11.4. The molecule has 1 aromatic heterocycles. The molecule has 2 rings (SSSR count). The highest BCUT2D eigenvalue weighted by atomic mass is 79.9. The minimum absolute atomic E-state index is 0.218. The molecule has 0 atom stereocenters. The van der Waals surface area contributed by atoms with Crippen LogP contribution in [0.25, 0.3) is 0 Å². The van der Waals surface area contributed by atoms with Crippen LogP contribution in [0.1, 0.15) is 23.3 Å². The Balaban J connectivity index is 2.09. The number of pyridine rings is 1. The molecule has 0 saturated heterocycles. The van der Waals surface area contributed by atoms with Crippen molar-refractivity contribution in [2.45, 2.75) is 18.4 Å². The number of halogens is 1. The Kier molecular flexibility index (Phi) is 2.67. The summed E-state index contributed by atoms with van der Waals surface area (Å²) in [5.74, 6) is -1.44. The molecular weight excluding hydrogens is 276 g/mol. The topological polar surface area (TPSA) is 79.3 Å². The molecule has 1 aliphatic rings. The second-order valence-electron chi connectivity index (χ2n) is 3.70. The molecule has 1 fully saturated rings. The van der Waals surface area contributed by atoms with E-state index in [9.17, 15) is 9.59 Å². The summed E-state index contributed by atoms with van der Waals surface area (Å²) in [7, 11) is 0. The van der Waals surface area contributed by atoms with E-state index in [4.69, 9.17) is 5.11 Å². The quantitative estimate of drug-likeness (QED) is 0.874. The lowest BCUT2D eigenvalue weighted by molar-refractivity contribution is -0.140. The van der Waals surface area contributed by atoms with Crippen LogP contribution in [0.3, 0.4) is 0 Å². The highest BCUT2D eigenvalue weighted by Gasteiger charge is 2.51. The van der Waals surface area contributed by atoms with Gasteiger partial charge in [0.2, 0.25) is 0 Å². The highest BCUT2D eigenvalue weighted by molar-refractivity contribution is 9.10. The van der Waals surface area contributed by atoms with Gasteiger partial charge in [-0.2, -0.15) is 0 Å². The Hall–Kier alpha value is -1.43. The average molecular weight is 285 g/mol. The van der Waals surface area contributed by atoms with Crippen LogP contribution in [0.4, 0.5) is 0 Å². The maximum Gasteiger partial charge on any atom is 0.329 e. The van der Waals surface area contributed by atoms with Crippen molar-refractivity contribution in [3.05, 3.63) is 28.5 Å². The molecule has 1 aromatic rings. The van der Waals surface area contributed by atoms with E-state index >= 15 is 0 Å². The number of carboxylic acid groups (broad SMARTS) is 1. The van der Waals surface area contributed by atoms with Gasteiger partial charge in [0, 0.05) is 10.7 Å². The maximum absolute atomic E-state index is 11.7. The van der Waals surface area contributed by atoms with Crippen LogP contribution < -0.4 is 5.32 Å². The molecule has 1 saturated carbocycles. The van der Waals surface area contributed by atoms with E-state index in [1.54, 1.807) is 6.07 Å². The minimum Gasteiger partial charge on any atom is -0.480 e. The molecule has 1 heterocycles. The molecule has 6 heteroatoms. The Morgan fingerprint density at radius 2 is 2.12 bits per heavy atom. The minimum atomic E-state index is -1.06. The van der Waals surface area contributed by atoms with Crippen molar-refractivity contribution in [2.75, 3.05) is 0 Å². The standard InChI is InChI=1S/C10H9BrN2O3/c11-6-1-2-7(12-5-6)8(14)13-10(3-4-10)9(15)16/h1-2,5H,3-4H2,(H,13,14)(H,15,16). The first kappa shape index (κ1) is 11.1. The van der Waals surface area contributed by atoms with Crippen LogP contribution in [-0.2, 0) is 4.79 Å². The van der Waals surface area contributed by atoms with E-state index < -0.39 is 17.4 Å². The van der Waals surface area contributed by atoms with Gasteiger partial charge in [-0.1, -0.05) is 0 Å². The molecular formula is C10H9BrN2O3. The third-order valence-electron chi connectivity index (χ3n) is 2.47. The van der Waals surface area contributed by atoms with Gasteiger partial charge in [0.25, 0.3) is 5.91 Å². The fourth-order valence-corrected chi connectivity index (χ4v) is 1.54. The summed E-state index contributed by atoms with van der Waals surface area (Å²) >= 11 is 3.20. The highest BCUT2D eigenvalue weighted by Crippen LogP contribution is 2.35. The van der Waals surface area contributed by atoms with E-state index in [2.05, 4.69) is 26.2 Å². The van der Waals surface area contributed by atoms with E-state index in [-0.39, 0.29) is 5.69 Å². The SMILES string of the molecule is O=C(NC1(C(=O)O)CC1)c1ccc(Br)cn1. The van der Waals surface area contributed by atoms with E-state index in [0.717, 1.165) is 4.47 Å². The second kappa shape index (κ2) is 3.86. The van der Waals surface area contributed by atoms with Gasteiger partial charge in [-0.3, -0.25) is 4.79 Å². The van der Waals surface area contributed by atoms with Crippen LogP contribution >= 0.6 is 15.9 Å². The lowest BCUT2D eigenvalue weighted by Gasteiger charge is -2.11. The number of aromatic nitrogens is 1. The number of carbonyl (C=O) groups excluding carboxylic acids is 1. The summed E-state index contributed by atoms with van der Waals surface area (Å²) < 4.78 is 0.767. The first-order valence-electron chi connectivity index (χ1n) is 4.71. The first-order valence-corrected chi connectivity index (χ1v) is 5.50. The van der Waals surface area contributed by atoms with Gasteiger partial charge in [0.1, 0.15) is 11.2 Å². The zero-order valence-electron chi connectivity index (χ0n) is 8.24. The van der Waals surface area contributed by atoms with Crippen LogP contribution in [-0.4, -0.2) is 27.5 Å². The number of aliphatic carboxylic acids is 1. The number of carbonyl (C=O) groups is 2. The number of hydrogen-bond donors (Lipinski definition) is 2. The van der Waals surface area contributed by atoms with Crippen molar-refractivity contribution in [2.24, 2.45) is 0 Å². The fourth-order valence-electron chi connectivity index (χ4n) is 1.31. The largest absolute Gasteiger partial charge is 0.480 e. The molecule has 0 aliphatic heterocycles. The Morgan fingerprint density at radius 1 is 1.44 bits per heavy atom. The van der Waals surface area contributed by atoms with E-state index in [1.165, 1.54) is 12.3 Å². The Bertz CT molecular complexity index is 440. The zero-order valence-corrected chi connectivity index (χ0v) is 9.82. The molecule has 5 nitrogen and oxygen atoms in total. The number of carboxylic acids is 1. The molecule has 0 bridgehead atoms.